The van der Waals surface area contributed by atoms with Crippen LogP contribution in [-0.4, -0.2) is 30.1 Å². The van der Waals surface area contributed by atoms with Crippen LogP contribution in [0.15, 0.2) is 48.5 Å². The zero-order valence-electron chi connectivity index (χ0n) is 19.9. The maximum atomic E-state index is 13.3. The molecule has 2 aliphatic rings. The molecule has 4 rings (SSSR count). The Bertz CT molecular complexity index is 1040. The summed E-state index contributed by atoms with van der Waals surface area (Å²) in [7, 11) is 0. The Morgan fingerprint density at radius 1 is 0.946 bits per heavy atom. The van der Waals surface area contributed by atoms with E-state index in [0.717, 1.165) is 5.56 Å². The molecule has 0 aliphatic carbocycles. The molecule has 0 unspecified atom stereocenters. The molecule has 1 amide bonds. The highest BCUT2D eigenvalue weighted by Crippen LogP contribution is 2.40. The van der Waals surface area contributed by atoms with Crippen molar-refractivity contribution in [2.45, 2.75) is 62.1 Å². The molecule has 2 fully saturated rings. The quantitative estimate of drug-likeness (QED) is 0.490. The van der Waals surface area contributed by atoms with Gasteiger partial charge in [0, 0.05) is 13.0 Å². The first-order chi connectivity index (χ1) is 16.3. The Balaban J connectivity index is 0.00000241. The first-order valence-electron chi connectivity index (χ1n) is 11.3. The summed E-state index contributed by atoms with van der Waals surface area (Å²) in [6, 6.07) is 10.9. The number of alkyl halides is 6. The molecule has 3 atom stereocenters. The van der Waals surface area contributed by atoms with E-state index in [9.17, 15) is 31.1 Å². The number of carbonyl (C=O) groups is 1. The molecular weight excluding hydrogens is 526 g/mol. The summed E-state index contributed by atoms with van der Waals surface area (Å²) in [4.78, 5) is 11.8. The number of halogens is 7. The highest BCUT2D eigenvalue weighted by Gasteiger charge is 2.47. The third-order valence-corrected chi connectivity index (χ3v) is 7.02. The average molecular weight is 555 g/mol. The van der Waals surface area contributed by atoms with Crippen molar-refractivity contribution >= 4 is 18.3 Å². The number of amides is 1. The number of benzene rings is 2. The molecule has 2 heterocycles. The molecule has 0 bridgehead atoms. The topological polar surface area (TPSA) is 81.9 Å². The second-order valence-electron chi connectivity index (χ2n) is 9.42. The van der Waals surface area contributed by atoms with Gasteiger partial charge in [-0.2, -0.15) is 26.3 Å². The van der Waals surface area contributed by atoms with Crippen LogP contribution in [0.3, 0.4) is 0 Å². The lowest BCUT2D eigenvalue weighted by Crippen LogP contribution is -2.61. The Labute approximate surface area is 216 Å². The van der Waals surface area contributed by atoms with Crippen LogP contribution in [0, 0.1) is 0 Å². The number of hydrogen-bond acceptors (Lipinski definition) is 3. The highest BCUT2D eigenvalue weighted by molar-refractivity contribution is 5.85. The summed E-state index contributed by atoms with van der Waals surface area (Å²) < 4.78 is 85.6. The van der Waals surface area contributed by atoms with Gasteiger partial charge < -0.3 is 20.8 Å². The van der Waals surface area contributed by atoms with Crippen molar-refractivity contribution in [1.82, 2.24) is 10.6 Å². The third kappa shape index (κ3) is 6.76. The zero-order valence-corrected chi connectivity index (χ0v) is 20.7. The fourth-order valence-corrected chi connectivity index (χ4v) is 4.85. The molecule has 2 aliphatic heterocycles. The van der Waals surface area contributed by atoms with Gasteiger partial charge in [0.15, 0.2) is 0 Å². The first kappa shape index (κ1) is 30.9. The zero-order chi connectivity index (χ0) is 25.5. The van der Waals surface area contributed by atoms with Gasteiger partial charge in [0.05, 0.1) is 34.9 Å². The first-order valence-corrected chi connectivity index (χ1v) is 11.3. The van der Waals surface area contributed by atoms with Gasteiger partial charge >= 0.3 is 12.4 Å². The summed E-state index contributed by atoms with van der Waals surface area (Å²) in [5.74, 6) is -0.00565. The molecule has 5 nitrogen and oxygen atoms in total. The van der Waals surface area contributed by atoms with Crippen LogP contribution in [0.4, 0.5) is 26.3 Å². The third-order valence-electron chi connectivity index (χ3n) is 7.02. The summed E-state index contributed by atoms with van der Waals surface area (Å²) in [6.45, 7) is 1.95. The van der Waals surface area contributed by atoms with Crippen molar-refractivity contribution in [3.63, 3.8) is 0 Å². The van der Waals surface area contributed by atoms with Crippen molar-refractivity contribution in [3.8, 4) is 0 Å². The lowest BCUT2D eigenvalue weighted by molar-refractivity contribution is -0.143. The van der Waals surface area contributed by atoms with Gasteiger partial charge in [-0.25, -0.2) is 0 Å². The molecular formula is C25H29ClF6N2O3. The van der Waals surface area contributed by atoms with Crippen LogP contribution in [0.1, 0.15) is 61.0 Å². The van der Waals surface area contributed by atoms with E-state index in [0.29, 0.717) is 44.4 Å². The van der Waals surface area contributed by atoms with Crippen molar-refractivity contribution < 1.29 is 41.4 Å². The predicted molar refractivity (Wildman–Crippen MR) is 127 cm³/mol. The fourth-order valence-electron chi connectivity index (χ4n) is 4.85. The Morgan fingerprint density at radius 3 is 2.00 bits per heavy atom. The van der Waals surface area contributed by atoms with Gasteiger partial charge in [0.25, 0.3) is 0 Å². The van der Waals surface area contributed by atoms with Gasteiger partial charge in [-0.3, -0.25) is 4.79 Å². The van der Waals surface area contributed by atoms with Crippen molar-refractivity contribution in [3.05, 3.63) is 70.8 Å². The maximum Gasteiger partial charge on any atom is 0.416 e. The Hall–Kier alpha value is -2.34. The second kappa shape index (κ2) is 11.2. The van der Waals surface area contributed by atoms with E-state index in [-0.39, 0.29) is 47.6 Å². The molecule has 2 aromatic carbocycles. The maximum absolute atomic E-state index is 13.3. The minimum atomic E-state index is -4.92. The Morgan fingerprint density at radius 2 is 1.54 bits per heavy atom. The molecule has 0 saturated carbocycles. The molecule has 2 aromatic rings. The van der Waals surface area contributed by atoms with Crippen LogP contribution >= 0.6 is 12.4 Å². The number of carbonyl (C=O) groups excluding carboxylic acids is 1. The highest BCUT2D eigenvalue weighted by atomic mass is 35.5. The van der Waals surface area contributed by atoms with E-state index >= 15 is 0 Å². The molecule has 0 radical (unpaired) electrons. The van der Waals surface area contributed by atoms with Crippen LogP contribution < -0.4 is 10.6 Å². The van der Waals surface area contributed by atoms with Gasteiger partial charge in [-0.05, 0) is 55.5 Å². The van der Waals surface area contributed by atoms with E-state index in [4.69, 9.17) is 4.74 Å². The fraction of sp³-hybridized carbons (Fsp3) is 0.480. The normalized spacial score (nSPS) is 24.7. The predicted octanol–water partition coefficient (Wildman–Crippen LogP) is 5.33. The lowest BCUT2D eigenvalue weighted by atomic mass is 9.76. The van der Waals surface area contributed by atoms with E-state index in [2.05, 4.69) is 10.6 Å². The van der Waals surface area contributed by atoms with Gasteiger partial charge in [0.2, 0.25) is 5.91 Å². The van der Waals surface area contributed by atoms with Crippen LogP contribution in [-0.2, 0) is 27.4 Å². The number of hydrogen-bond donors (Lipinski definition) is 2. The van der Waals surface area contributed by atoms with Crippen LogP contribution in [0.5, 0.6) is 0 Å². The smallest absolute Gasteiger partial charge is 0.412 e. The van der Waals surface area contributed by atoms with E-state index in [1.807, 2.05) is 30.3 Å². The molecule has 12 heteroatoms. The SMILES string of the molecule is C[C@@H](OC[C@@]1(c2ccccc2)CC[C@]2(CCC(=O)N2)CN1)c1cc(C(F)(F)F)cc(C(F)(F)F)c1.Cl.O. The number of nitrogens with one attached hydrogen (secondary N) is 2. The molecule has 4 N–H and O–H groups in total. The summed E-state index contributed by atoms with van der Waals surface area (Å²) >= 11 is 0. The monoisotopic (exact) mass is 554 g/mol. The van der Waals surface area contributed by atoms with Crippen molar-refractivity contribution in [2.75, 3.05) is 13.2 Å². The lowest BCUT2D eigenvalue weighted by Gasteiger charge is -2.46. The average Bonchev–Trinajstić information content (AvgIpc) is 3.18. The van der Waals surface area contributed by atoms with E-state index in [1.165, 1.54) is 6.92 Å². The summed E-state index contributed by atoms with van der Waals surface area (Å²) in [6.07, 6.45) is -8.49. The molecule has 0 aromatic heterocycles. The standard InChI is InChI=1S/C25H26F6N2O2.ClH.H2O/c1-16(17-11-19(24(26,27)28)13-20(12-17)25(29,30)31)35-15-23(18-5-3-2-4-6-18)10-9-22(14-32-23)8-7-21(34)33-22;;/h2-6,11-13,16,32H,7-10,14-15H2,1H3,(H,33,34);1H;1H2/t16-,22-,23-;;/m1../s1. The molecule has 37 heavy (non-hydrogen) atoms. The van der Waals surface area contributed by atoms with Crippen molar-refractivity contribution in [2.24, 2.45) is 0 Å². The van der Waals surface area contributed by atoms with Gasteiger partial charge in [0.1, 0.15) is 0 Å². The molecule has 2 saturated heterocycles. The minimum Gasteiger partial charge on any atom is -0.412 e. The van der Waals surface area contributed by atoms with E-state index < -0.39 is 35.1 Å². The second-order valence-corrected chi connectivity index (χ2v) is 9.42. The van der Waals surface area contributed by atoms with Crippen LogP contribution in [0.25, 0.3) is 0 Å². The number of rotatable bonds is 5. The molecule has 206 valence electrons. The van der Waals surface area contributed by atoms with E-state index in [1.54, 1.807) is 0 Å². The molecule has 1 spiro atoms. The minimum absolute atomic E-state index is 0. The summed E-state index contributed by atoms with van der Waals surface area (Å²) in [5, 5.41) is 6.52. The van der Waals surface area contributed by atoms with Crippen LogP contribution in [0.2, 0.25) is 0 Å². The largest absolute Gasteiger partial charge is 0.416 e. The van der Waals surface area contributed by atoms with Crippen molar-refractivity contribution in [1.29, 1.82) is 0 Å². The van der Waals surface area contributed by atoms with Gasteiger partial charge in [-0.15, -0.1) is 12.4 Å². The Kier molecular flexibility index (Phi) is 9.33. The summed E-state index contributed by atoms with van der Waals surface area (Å²) in [5.41, 5.74) is -3.11. The van der Waals surface area contributed by atoms with Gasteiger partial charge in [-0.1, -0.05) is 30.3 Å². The number of ether oxygens (including phenoxy) is 1. The number of piperidine rings is 1.